The lowest BCUT2D eigenvalue weighted by molar-refractivity contribution is -0.121. The van der Waals surface area contributed by atoms with Gasteiger partial charge in [-0.2, -0.15) is 0 Å². The largest absolute Gasteiger partial charge is 0.353 e. The summed E-state index contributed by atoms with van der Waals surface area (Å²) >= 11 is 0. The minimum absolute atomic E-state index is 0.126. The highest BCUT2D eigenvalue weighted by Crippen LogP contribution is 2.30. The van der Waals surface area contributed by atoms with Gasteiger partial charge in [0.25, 0.3) is 0 Å². The number of pyridine rings is 1. The van der Waals surface area contributed by atoms with E-state index in [-0.39, 0.29) is 23.3 Å². The third-order valence-corrected chi connectivity index (χ3v) is 6.65. The highest BCUT2D eigenvalue weighted by molar-refractivity contribution is 7.92. The fourth-order valence-corrected chi connectivity index (χ4v) is 4.97. The molecule has 7 heteroatoms. The summed E-state index contributed by atoms with van der Waals surface area (Å²) in [5.74, 6) is -0.608. The molecule has 1 aliphatic rings. The number of rotatable bonds is 5. The van der Waals surface area contributed by atoms with Crippen molar-refractivity contribution in [2.75, 3.05) is 0 Å². The second-order valence-electron chi connectivity index (χ2n) is 6.24. The summed E-state index contributed by atoms with van der Waals surface area (Å²) in [7, 11) is -3.51. The van der Waals surface area contributed by atoms with Gasteiger partial charge >= 0.3 is 0 Å². The molecule has 1 aromatic heterocycles. The summed E-state index contributed by atoms with van der Waals surface area (Å²) in [5.41, 5.74) is 0.813. The van der Waals surface area contributed by atoms with E-state index in [0.29, 0.717) is 19.3 Å². The molecule has 3 rings (SSSR count). The van der Waals surface area contributed by atoms with Crippen LogP contribution in [0.3, 0.4) is 0 Å². The second-order valence-corrected chi connectivity index (χ2v) is 8.46. The molecular formula is C18H19FN2O3S. The van der Waals surface area contributed by atoms with E-state index in [2.05, 4.69) is 10.3 Å². The molecule has 2 atom stereocenters. The number of hydrogen-bond donors (Lipinski definition) is 1. The van der Waals surface area contributed by atoms with Crippen LogP contribution in [0.2, 0.25) is 0 Å². The predicted octanol–water partition coefficient (Wildman–Crippen LogP) is 2.27. The molecule has 0 radical (unpaired) electrons. The number of benzene rings is 1. The molecule has 1 aliphatic carbocycles. The van der Waals surface area contributed by atoms with Crippen LogP contribution in [-0.2, 0) is 21.1 Å². The quantitative estimate of drug-likeness (QED) is 0.828. The van der Waals surface area contributed by atoms with Crippen molar-refractivity contribution in [1.82, 2.24) is 10.3 Å². The van der Waals surface area contributed by atoms with Crippen LogP contribution < -0.4 is 5.32 Å². The molecule has 1 amide bonds. The molecule has 0 bridgehead atoms. The summed E-state index contributed by atoms with van der Waals surface area (Å²) in [6.07, 6.45) is 4.97. The zero-order valence-electron chi connectivity index (χ0n) is 13.6. The monoisotopic (exact) mass is 362 g/mol. The van der Waals surface area contributed by atoms with Crippen molar-refractivity contribution in [3.8, 4) is 0 Å². The first-order chi connectivity index (χ1) is 11.9. The van der Waals surface area contributed by atoms with Crippen LogP contribution in [0, 0.1) is 5.82 Å². The molecule has 1 aromatic carbocycles. The van der Waals surface area contributed by atoms with E-state index in [1.165, 1.54) is 12.1 Å². The second kappa shape index (κ2) is 7.31. The van der Waals surface area contributed by atoms with Gasteiger partial charge in [0.2, 0.25) is 5.91 Å². The smallest absolute Gasteiger partial charge is 0.224 e. The Labute approximate surface area is 146 Å². The predicted molar refractivity (Wildman–Crippen MR) is 91.1 cm³/mol. The van der Waals surface area contributed by atoms with Gasteiger partial charge in [-0.25, -0.2) is 12.8 Å². The minimum atomic E-state index is -3.51. The molecule has 1 fully saturated rings. The number of sulfone groups is 1. The van der Waals surface area contributed by atoms with Crippen LogP contribution in [0.25, 0.3) is 0 Å². The Balaban J connectivity index is 1.59. The van der Waals surface area contributed by atoms with Crippen molar-refractivity contribution in [2.45, 2.75) is 41.9 Å². The van der Waals surface area contributed by atoms with Gasteiger partial charge < -0.3 is 5.32 Å². The number of carbonyl (C=O) groups excluding carboxylic acids is 1. The Morgan fingerprint density at radius 1 is 1.20 bits per heavy atom. The average molecular weight is 362 g/mol. The van der Waals surface area contributed by atoms with Crippen molar-refractivity contribution in [1.29, 1.82) is 0 Å². The molecule has 1 heterocycles. The Bertz CT molecular complexity index is 838. The van der Waals surface area contributed by atoms with Crippen LogP contribution in [0.5, 0.6) is 0 Å². The first-order valence-electron chi connectivity index (χ1n) is 8.13. The normalized spacial score (nSPS) is 20.4. The van der Waals surface area contributed by atoms with Crippen molar-refractivity contribution >= 4 is 15.7 Å². The lowest BCUT2D eigenvalue weighted by Gasteiger charge is -2.14. The summed E-state index contributed by atoms with van der Waals surface area (Å²) in [4.78, 5) is 16.2. The average Bonchev–Trinajstić information content (AvgIpc) is 3.05. The summed E-state index contributed by atoms with van der Waals surface area (Å²) in [5, 5.41) is 2.34. The molecule has 5 nitrogen and oxygen atoms in total. The fourth-order valence-electron chi connectivity index (χ4n) is 3.14. The molecule has 0 saturated heterocycles. The zero-order chi connectivity index (χ0) is 17.9. The minimum Gasteiger partial charge on any atom is -0.353 e. The fraction of sp³-hybridized carbons (Fsp3) is 0.333. The van der Waals surface area contributed by atoms with E-state index < -0.39 is 20.9 Å². The topological polar surface area (TPSA) is 76.1 Å². The van der Waals surface area contributed by atoms with Crippen molar-refractivity contribution in [3.63, 3.8) is 0 Å². The van der Waals surface area contributed by atoms with E-state index in [4.69, 9.17) is 0 Å². The molecule has 0 aliphatic heterocycles. The number of nitrogens with zero attached hydrogens (tertiary/aromatic N) is 1. The van der Waals surface area contributed by atoms with E-state index in [0.717, 1.165) is 17.7 Å². The molecule has 1 N–H and O–H groups in total. The van der Waals surface area contributed by atoms with Crippen LogP contribution in [0.4, 0.5) is 4.39 Å². The number of aromatic nitrogens is 1. The van der Waals surface area contributed by atoms with Gasteiger partial charge in [0.15, 0.2) is 9.84 Å². The Hall–Kier alpha value is -2.28. The van der Waals surface area contributed by atoms with Gasteiger partial charge in [-0.05, 0) is 55.2 Å². The number of halogens is 1. The molecule has 2 aromatic rings. The van der Waals surface area contributed by atoms with Crippen LogP contribution in [0.15, 0.2) is 53.7 Å². The van der Waals surface area contributed by atoms with Gasteiger partial charge in [-0.3, -0.25) is 9.78 Å². The molecule has 2 unspecified atom stereocenters. The molecule has 25 heavy (non-hydrogen) atoms. The maximum atomic E-state index is 13.0. The molecule has 0 spiro atoms. The standard InChI is InChI=1S/C18H19FN2O3S/c19-14-3-6-16(7-4-14)25(23,24)17-8-5-15(11-17)21-18(22)10-13-2-1-9-20-12-13/h1-4,6-7,9,12,15,17H,5,8,10-11H2,(H,21,22). The van der Waals surface area contributed by atoms with Crippen LogP contribution in [0.1, 0.15) is 24.8 Å². The maximum absolute atomic E-state index is 13.0. The van der Waals surface area contributed by atoms with Gasteiger partial charge in [0, 0.05) is 18.4 Å². The van der Waals surface area contributed by atoms with Crippen molar-refractivity contribution in [3.05, 3.63) is 60.2 Å². The number of amides is 1. The van der Waals surface area contributed by atoms with Crippen molar-refractivity contribution in [2.24, 2.45) is 0 Å². The Kier molecular flexibility index (Phi) is 5.13. The van der Waals surface area contributed by atoms with Gasteiger partial charge in [-0.1, -0.05) is 6.07 Å². The first kappa shape index (κ1) is 17.5. The Morgan fingerprint density at radius 2 is 1.96 bits per heavy atom. The summed E-state index contributed by atoms with van der Waals surface area (Å²) in [6.45, 7) is 0. The van der Waals surface area contributed by atoms with E-state index in [9.17, 15) is 17.6 Å². The van der Waals surface area contributed by atoms with Gasteiger partial charge in [-0.15, -0.1) is 0 Å². The molecule has 1 saturated carbocycles. The SMILES string of the molecule is O=C(Cc1cccnc1)NC1CCC(S(=O)(=O)c2ccc(F)cc2)C1. The van der Waals surface area contributed by atoms with Gasteiger partial charge in [0.05, 0.1) is 16.6 Å². The molecular weight excluding hydrogens is 343 g/mol. The molecule has 132 valence electrons. The van der Waals surface area contributed by atoms with Crippen LogP contribution in [-0.4, -0.2) is 30.6 Å². The Morgan fingerprint density at radius 3 is 2.64 bits per heavy atom. The maximum Gasteiger partial charge on any atom is 0.224 e. The summed E-state index contributed by atoms with van der Waals surface area (Å²) in [6, 6.07) is 8.30. The lowest BCUT2D eigenvalue weighted by Crippen LogP contribution is -2.35. The lowest BCUT2D eigenvalue weighted by atomic mass is 10.2. The number of hydrogen-bond acceptors (Lipinski definition) is 4. The van der Waals surface area contributed by atoms with E-state index in [1.54, 1.807) is 18.5 Å². The highest BCUT2D eigenvalue weighted by atomic mass is 32.2. The third-order valence-electron chi connectivity index (χ3n) is 4.42. The van der Waals surface area contributed by atoms with Crippen LogP contribution >= 0.6 is 0 Å². The zero-order valence-corrected chi connectivity index (χ0v) is 14.4. The summed E-state index contributed by atoms with van der Waals surface area (Å²) < 4.78 is 38.2. The van der Waals surface area contributed by atoms with E-state index >= 15 is 0 Å². The first-order valence-corrected chi connectivity index (χ1v) is 9.67. The van der Waals surface area contributed by atoms with E-state index in [1.807, 2.05) is 6.07 Å². The number of nitrogens with one attached hydrogen (secondary N) is 1. The number of carbonyl (C=O) groups is 1. The van der Waals surface area contributed by atoms with Crippen molar-refractivity contribution < 1.29 is 17.6 Å². The van der Waals surface area contributed by atoms with Gasteiger partial charge in [0.1, 0.15) is 5.82 Å². The highest BCUT2D eigenvalue weighted by Gasteiger charge is 2.35. The third kappa shape index (κ3) is 4.22.